The second-order valence-electron chi connectivity index (χ2n) is 12.0. The molecule has 0 aliphatic carbocycles. The largest absolute Gasteiger partial charge is 0.864 e. The van der Waals surface area contributed by atoms with E-state index in [4.69, 9.17) is 42.4 Å². The Morgan fingerprint density at radius 1 is 0.388 bits per heavy atom. The van der Waals surface area contributed by atoms with Crippen LogP contribution in [0.3, 0.4) is 0 Å². The van der Waals surface area contributed by atoms with Crippen LogP contribution >= 0.6 is 0 Å². The van der Waals surface area contributed by atoms with Crippen molar-refractivity contribution in [2.45, 2.75) is 0 Å². The van der Waals surface area contributed by atoms with Gasteiger partial charge in [-0.2, -0.15) is 0 Å². The Balaban J connectivity index is 1.02. The molecule has 3 fully saturated rings. The van der Waals surface area contributed by atoms with E-state index in [1.54, 1.807) is 0 Å². The van der Waals surface area contributed by atoms with Gasteiger partial charge in [0.1, 0.15) is 54.3 Å². The Morgan fingerprint density at radius 2 is 0.633 bits per heavy atom. The lowest BCUT2D eigenvalue weighted by molar-refractivity contribution is 0.0321. The van der Waals surface area contributed by atoms with Crippen LogP contribution in [-0.4, -0.2) is 140 Å². The predicted octanol–water partition coefficient (Wildman–Crippen LogP) is 3.34. The maximum absolute atomic E-state index is 6.19. The fourth-order valence-electron chi connectivity index (χ4n) is 5.60. The zero-order valence-electron chi connectivity index (χ0n) is 28.2. The van der Waals surface area contributed by atoms with Crippen LogP contribution in [-0.2, 0) is 14.2 Å². The summed E-state index contributed by atoms with van der Waals surface area (Å²) in [5, 5.41) is 0. The maximum Gasteiger partial charge on any atom is 0.864 e. The summed E-state index contributed by atoms with van der Waals surface area (Å²) in [5.74, 6) is 4.05. The van der Waals surface area contributed by atoms with Crippen LogP contribution in [0.4, 0.5) is 0 Å². The van der Waals surface area contributed by atoms with Crippen LogP contribution in [0.25, 0.3) is 0 Å². The topological polar surface area (TPSA) is 92.8 Å². The van der Waals surface area contributed by atoms with Gasteiger partial charge in [0.15, 0.2) is 0 Å². The maximum atomic E-state index is 6.19. The highest BCUT2D eigenvalue weighted by Crippen LogP contribution is 2.24. The molecule has 0 radical (unpaired) electrons. The Kier molecular flexibility index (Phi) is 14.0. The van der Waals surface area contributed by atoms with Crippen molar-refractivity contribution < 1.29 is 42.4 Å². The van der Waals surface area contributed by atoms with Gasteiger partial charge in [-0.3, -0.25) is 14.7 Å². The fourth-order valence-corrected chi connectivity index (χ4v) is 5.60. The first-order chi connectivity index (χ1) is 24.2. The average molecular weight is 678 g/mol. The number of morpholine rings is 3. The zero-order valence-corrected chi connectivity index (χ0v) is 28.2. The van der Waals surface area contributed by atoms with Gasteiger partial charge in [0, 0.05) is 58.9 Å². The lowest BCUT2D eigenvalue weighted by Crippen LogP contribution is -2.38. The van der Waals surface area contributed by atoms with Crippen LogP contribution in [0.1, 0.15) is 0 Å². The van der Waals surface area contributed by atoms with E-state index in [0.717, 1.165) is 116 Å². The Labute approximate surface area is 289 Å². The Hall–Kier alpha value is -3.72. The summed E-state index contributed by atoms with van der Waals surface area (Å²) < 4.78 is 52.7. The number of nitrogens with zero attached hydrogens (tertiary/aromatic N) is 3. The van der Waals surface area contributed by atoms with E-state index < -0.39 is 7.32 Å². The van der Waals surface area contributed by atoms with E-state index in [2.05, 4.69) is 14.7 Å². The molecule has 3 aromatic carbocycles. The third kappa shape index (κ3) is 12.3. The molecule has 264 valence electrons. The summed E-state index contributed by atoms with van der Waals surface area (Å²) >= 11 is 0. The summed E-state index contributed by atoms with van der Waals surface area (Å²) in [5.41, 5.74) is 0. The van der Waals surface area contributed by atoms with E-state index >= 15 is 0 Å². The first-order valence-corrected chi connectivity index (χ1v) is 17.3. The molecule has 0 atom stereocenters. The van der Waals surface area contributed by atoms with E-state index in [9.17, 15) is 0 Å². The second-order valence-corrected chi connectivity index (χ2v) is 12.0. The Morgan fingerprint density at radius 3 is 0.898 bits per heavy atom. The minimum absolute atomic E-state index is 0.580. The van der Waals surface area contributed by atoms with Gasteiger partial charge < -0.3 is 42.4 Å². The van der Waals surface area contributed by atoms with Gasteiger partial charge in [-0.15, -0.1) is 0 Å². The van der Waals surface area contributed by atoms with Gasteiger partial charge in [-0.25, -0.2) is 0 Å². The summed E-state index contributed by atoms with van der Waals surface area (Å²) in [7, 11) is -1.06. The highest BCUT2D eigenvalue weighted by molar-refractivity contribution is 6.39. The van der Waals surface area contributed by atoms with E-state index in [0.29, 0.717) is 37.1 Å². The molecule has 6 rings (SSSR count). The molecule has 0 unspecified atom stereocenters. The van der Waals surface area contributed by atoms with Gasteiger partial charge in [0.25, 0.3) is 0 Å². The molecule has 49 heavy (non-hydrogen) atoms. The molecular weight excluding hydrogens is 629 g/mol. The summed E-state index contributed by atoms with van der Waals surface area (Å²) in [4.78, 5) is 7.03. The van der Waals surface area contributed by atoms with Crippen molar-refractivity contribution in [1.29, 1.82) is 0 Å². The molecule has 0 amide bonds. The molecule has 3 aromatic rings. The normalized spacial score (nSPS) is 17.6. The molecule has 3 heterocycles. The Bertz CT molecular complexity index is 1170. The first-order valence-electron chi connectivity index (χ1n) is 17.3. The van der Waals surface area contributed by atoms with E-state index in [-0.39, 0.29) is 0 Å². The second kappa shape index (κ2) is 19.5. The molecule has 0 N–H and O–H groups in total. The van der Waals surface area contributed by atoms with Crippen LogP contribution in [0.5, 0.6) is 34.5 Å². The molecule has 12 nitrogen and oxygen atoms in total. The smallest absolute Gasteiger partial charge is 0.492 e. The summed E-state index contributed by atoms with van der Waals surface area (Å²) in [6.45, 7) is 14.7. The standard InChI is InChI=1S/C36H48BN3O9/c1-7-34(8-2-31(1)44-28-19-38-13-22-41-23-14-38)47-37(48-35-9-3-32(4-10-35)45-29-20-39-15-24-42-25-16-39)49-36-11-5-33(6-12-36)46-30-21-40-17-26-43-27-18-40/h1-12H,13-30H2. The van der Waals surface area contributed by atoms with Crippen molar-refractivity contribution in [3.8, 4) is 34.5 Å². The molecule has 0 bridgehead atoms. The summed E-state index contributed by atoms with van der Waals surface area (Å²) in [6.07, 6.45) is 0. The molecular formula is C36H48BN3O9. The van der Waals surface area contributed by atoms with Crippen molar-refractivity contribution in [3.05, 3.63) is 72.8 Å². The molecule has 0 spiro atoms. The third-order valence-corrected chi connectivity index (χ3v) is 8.51. The number of rotatable bonds is 18. The highest BCUT2D eigenvalue weighted by atomic mass is 16.7. The van der Waals surface area contributed by atoms with Crippen molar-refractivity contribution in [2.75, 3.05) is 118 Å². The molecule has 3 aliphatic rings. The van der Waals surface area contributed by atoms with Crippen molar-refractivity contribution in [2.24, 2.45) is 0 Å². The van der Waals surface area contributed by atoms with Gasteiger partial charge in [-0.05, 0) is 72.8 Å². The highest BCUT2D eigenvalue weighted by Gasteiger charge is 2.30. The van der Waals surface area contributed by atoms with Crippen LogP contribution < -0.4 is 28.2 Å². The SMILES string of the molecule is c1cc(OB(Oc2ccc(OCCN3CCOCC3)cc2)Oc2ccc(OCCN3CCOCC3)cc2)ccc1OCCN1CCOCC1. The fraction of sp³-hybridized carbons (Fsp3) is 0.500. The van der Waals surface area contributed by atoms with E-state index in [1.807, 2.05) is 72.8 Å². The van der Waals surface area contributed by atoms with Crippen LogP contribution in [0.15, 0.2) is 72.8 Å². The monoisotopic (exact) mass is 677 g/mol. The lowest BCUT2D eigenvalue weighted by Gasteiger charge is -2.26. The average Bonchev–Trinajstić information content (AvgIpc) is 3.15. The molecule has 0 saturated carbocycles. The predicted molar refractivity (Wildman–Crippen MR) is 185 cm³/mol. The van der Waals surface area contributed by atoms with Gasteiger partial charge >= 0.3 is 7.32 Å². The molecule has 3 saturated heterocycles. The number of benzene rings is 3. The number of hydrogen-bond acceptors (Lipinski definition) is 12. The minimum Gasteiger partial charge on any atom is -0.492 e. The van der Waals surface area contributed by atoms with Gasteiger partial charge in [0.2, 0.25) is 0 Å². The van der Waals surface area contributed by atoms with Crippen molar-refractivity contribution in [3.63, 3.8) is 0 Å². The third-order valence-electron chi connectivity index (χ3n) is 8.51. The van der Waals surface area contributed by atoms with Crippen LogP contribution in [0.2, 0.25) is 0 Å². The molecule has 0 aromatic heterocycles. The van der Waals surface area contributed by atoms with Gasteiger partial charge in [-0.1, -0.05) is 0 Å². The quantitative estimate of drug-likeness (QED) is 0.185. The minimum atomic E-state index is -1.06. The lowest BCUT2D eigenvalue weighted by atomic mass is 10.2. The molecule has 13 heteroatoms. The zero-order chi connectivity index (χ0) is 33.4. The van der Waals surface area contributed by atoms with E-state index in [1.165, 1.54) is 0 Å². The summed E-state index contributed by atoms with van der Waals surface area (Å²) in [6, 6.07) is 22.4. The van der Waals surface area contributed by atoms with Gasteiger partial charge in [0.05, 0.1) is 39.6 Å². The number of ether oxygens (including phenoxy) is 6. The molecule has 3 aliphatic heterocycles. The van der Waals surface area contributed by atoms with Crippen molar-refractivity contribution in [1.82, 2.24) is 14.7 Å². The number of hydrogen-bond donors (Lipinski definition) is 0. The van der Waals surface area contributed by atoms with Crippen molar-refractivity contribution >= 4 is 7.32 Å². The van der Waals surface area contributed by atoms with Crippen LogP contribution in [0, 0.1) is 0 Å². The first kappa shape index (κ1) is 35.1.